The molecule has 0 bridgehead atoms. The van der Waals surface area contributed by atoms with Gasteiger partial charge in [0.15, 0.2) is 5.78 Å². The van der Waals surface area contributed by atoms with Gasteiger partial charge in [0, 0.05) is 28.8 Å². The Bertz CT molecular complexity index is 734. The summed E-state index contributed by atoms with van der Waals surface area (Å²) in [6, 6.07) is 13.6. The van der Waals surface area contributed by atoms with E-state index in [4.69, 9.17) is 12.2 Å². The molecule has 0 N–H and O–H groups in total. The van der Waals surface area contributed by atoms with Crippen molar-refractivity contribution >= 4 is 22.9 Å². The van der Waals surface area contributed by atoms with E-state index in [0.29, 0.717) is 0 Å². The predicted octanol–water partition coefficient (Wildman–Crippen LogP) is 3.10. The van der Waals surface area contributed by atoms with E-state index in [9.17, 15) is 4.79 Å². The zero-order chi connectivity index (χ0) is 15.0. The summed E-state index contributed by atoms with van der Waals surface area (Å²) in [5.74, 6) is 0.0842. The van der Waals surface area contributed by atoms with Crippen LogP contribution in [0.5, 0.6) is 0 Å². The molecule has 0 fully saturated rings. The summed E-state index contributed by atoms with van der Waals surface area (Å²) in [6.07, 6.45) is 0.895. The van der Waals surface area contributed by atoms with Crippen LogP contribution in [0.4, 0.5) is 0 Å². The van der Waals surface area contributed by atoms with Gasteiger partial charge in [0.05, 0.1) is 4.86 Å². The number of likely N-dealkylation sites (N-methyl/N-ethyl adjacent to an activating group) is 1. The van der Waals surface area contributed by atoms with E-state index in [2.05, 4.69) is 11.0 Å². The molecule has 0 saturated heterocycles. The fraction of sp³-hybridized carbons (Fsp3) is 0.222. The molecular formula is C18H17NOS. The topological polar surface area (TPSA) is 20.3 Å². The summed E-state index contributed by atoms with van der Waals surface area (Å²) >= 11 is 5.67. The third kappa shape index (κ3) is 2.43. The lowest BCUT2D eigenvalue weighted by Crippen LogP contribution is -2.23. The van der Waals surface area contributed by atoms with Gasteiger partial charge in [-0.3, -0.25) is 4.79 Å². The lowest BCUT2D eigenvalue weighted by atomic mass is 9.82. The molecule has 2 nitrogen and oxygen atoms in total. The molecule has 0 aromatic heterocycles. The Hall–Kier alpha value is -1.84. The van der Waals surface area contributed by atoms with Crippen LogP contribution >= 0.6 is 12.2 Å². The van der Waals surface area contributed by atoms with Gasteiger partial charge in [-0.1, -0.05) is 54.7 Å². The Morgan fingerprint density at radius 3 is 2.33 bits per heavy atom. The molecule has 0 spiro atoms. The van der Waals surface area contributed by atoms with Crippen molar-refractivity contribution in [1.29, 1.82) is 0 Å². The Kier molecular flexibility index (Phi) is 3.70. The van der Waals surface area contributed by atoms with Crippen LogP contribution < -0.4 is 0 Å². The Morgan fingerprint density at radius 2 is 1.62 bits per heavy atom. The van der Waals surface area contributed by atoms with Crippen LogP contribution in [-0.4, -0.2) is 36.2 Å². The normalized spacial score (nSPS) is 13.3. The van der Waals surface area contributed by atoms with Crippen molar-refractivity contribution in [2.24, 2.45) is 0 Å². The lowest BCUT2D eigenvalue weighted by molar-refractivity contribution is 0.103. The number of nitrogens with zero attached hydrogens (tertiary/aromatic N) is 1. The second-order valence-corrected chi connectivity index (χ2v) is 6.01. The molecule has 3 rings (SSSR count). The van der Waals surface area contributed by atoms with Crippen LogP contribution in [0.15, 0.2) is 42.5 Å². The van der Waals surface area contributed by atoms with Crippen molar-refractivity contribution in [3.63, 3.8) is 0 Å². The first-order chi connectivity index (χ1) is 10.1. The van der Waals surface area contributed by atoms with E-state index in [-0.39, 0.29) is 5.78 Å². The number of fused-ring (bicyclic) bond motifs is 2. The minimum absolute atomic E-state index is 0.0842. The molecule has 3 heteroatoms. The standard InChI is InChI=1S/C18H17NOS/c1-19(2)11-10-12-6-5-9-15-16(12)18(21)14-8-4-3-7-13(14)17(15)20/h3-9H,10-11H2,1-2H3. The van der Waals surface area contributed by atoms with Crippen LogP contribution in [0.25, 0.3) is 0 Å². The molecule has 2 aromatic rings. The maximum atomic E-state index is 12.7. The largest absolute Gasteiger partial charge is 0.309 e. The number of hydrogen-bond acceptors (Lipinski definition) is 3. The predicted molar refractivity (Wildman–Crippen MR) is 89.4 cm³/mol. The van der Waals surface area contributed by atoms with Crippen molar-refractivity contribution in [2.75, 3.05) is 20.6 Å². The number of ketones is 1. The maximum Gasteiger partial charge on any atom is 0.194 e. The van der Waals surface area contributed by atoms with E-state index >= 15 is 0 Å². The average molecular weight is 295 g/mol. The summed E-state index contributed by atoms with van der Waals surface area (Å²) in [5.41, 5.74) is 4.48. The Morgan fingerprint density at radius 1 is 0.952 bits per heavy atom. The Balaban J connectivity index is 2.12. The molecule has 1 aliphatic carbocycles. The number of benzene rings is 2. The molecular weight excluding hydrogens is 278 g/mol. The molecule has 0 unspecified atom stereocenters. The quantitative estimate of drug-likeness (QED) is 0.693. The SMILES string of the molecule is CN(C)CCc1cccc2c1C(=S)c1ccccc1C2=O. The highest BCUT2D eigenvalue weighted by Crippen LogP contribution is 2.30. The van der Waals surface area contributed by atoms with Crippen molar-refractivity contribution < 1.29 is 4.79 Å². The highest BCUT2D eigenvalue weighted by Gasteiger charge is 2.28. The average Bonchev–Trinajstić information content (AvgIpc) is 2.50. The smallest absolute Gasteiger partial charge is 0.194 e. The number of thiocarbonyl (C=S) groups is 1. The number of carbonyl (C=O) groups excluding carboxylic acids is 1. The molecule has 0 atom stereocenters. The molecule has 0 heterocycles. The summed E-state index contributed by atoms with van der Waals surface area (Å²) in [5, 5.41) is 0. The molecule has 0 aliphatic heterocycles. The van der Waals surface area contributed by atoms with Crippen molar-refractivity contribution in [3.05, 3.63) is 70.3 Å². The first-order valence-corrected chi connectivity index (χ1v) is 7.45. The van der Waals surface area contributed by atoms with Gasteiger partial charge in [-0.05, 0) is 26.1 Å². The highest BCUT2D eigenvalue weighted by molar-refractivity contribution is 7.81. The van der Waals surface area contributed by atoms with Crippen molar-refractivity contribution in [3.8, 4) is 0 Å². The van der Waals surface area contributed by atoms with Gasteiger partial charge < -0.3 is 4.90 Å². The number of carbonyl (C=O) groups is 1. The minimum atomic E-state index is 0.0842. The van der Waals surface area contributed by atoms with Crippen LogP contribution in [0.3, 0.4) is 0 Å². The zero-order valence-electron chi connectivity index (χ0n) is 12.2. The third-order valence-electron chi connectivity index (χ3n) is 3.87. The van der Waals surface area contributed by atoms with Crippen molar-refractivity contribution in [1.82, 2.24) is 4.90 Å². The highest BCUT2D eigenvalue weighted by atomic mass is 32.1. The maximum absolute atomic E-state index is 12.7. The van der Waals surface area contributed by atoms with E-state index in [1.54, 1.807) is 0 Å². The third-order valence-corrected chi connectivity index (χ3v) is 4.29. The number of rotatable bonds is 3. The molecule has 1 aliphatic rings. The molecule has 2 aromatic carbocycles. The van der Waals surface area contributed by atoms with Gasteiger partial charge in [-0.25, -0.2) is 0 Å². The van der Waals surface area contributed by atoms with Crippen LogP contribution in [0.1, 0.15) is 32.6 Å². The van der Waals surface area contributed by atoms with Crippen LogP contribution in [-0.2, 0) is 6.42 Å². The van der Waals surface area contributed by atoms with E-state index < -0.39 is 0 Å². The van der Waals surface area contributed by atoms with Gasteiger partial charge >= 0.3 is 0 Å². The second kappa shape index (κ2) is 5.51. The first kappa shape index (κ1) is 14.1. The van der Waals surface area contributed by atoms with E-state index in [1.807, 2.05) is 50.5 Å². The molecule has 21 heavy (non-hydrogen) atoms. The summed E-state index contributed by atoms with van der Waals surface area (Å²) < 4.78 is 0. The monoisotopic (exact) mass is 295 g/mol. The first-order valence-electron chi connectivity index (χ1n) is 7.04. The summed E-state index contributed by atoms with van der Waals surface area (Å²) in [7, 11) is 4.10. The van der Waals surface area contributed by atoms with Gasteiger partial charge in [-0.15, -0.1) is 0 Å². The zero-order valence-corrected chi connectivity index (χ0v) is 13.0. The molecule has 106 valence electrons. The van der Waals surface area contributed by atoms with E-state index in [1.165, 1.54) is 0 Å². The fourth-order valence-electron chi connectivity index (χ4n) is 2.77. The van der Waals surface area contributed by atoms with Gasteiger partial charge in [-0.2, -0.15) is 0 Å². The van der Waals surface area contributed by atoms with Crippen LogP contribution in [0.2, 0.25) is 0 Å². The lowest BCUT2D eigenvalue weighted by Gasteiger charge is -2.22. The minimum Gasteiger partial charge on any atom is -0.309 e. The molecule has 0 saturated carbocycles. The number of hydrogen-bond donors (Lipinski definition) is 0. The van der Waals surface area contributed by atoms with Gasteiger partial charge in [0.25, 0.3) is 0 Å². The second-order valence-electron chi connectivity index (χ2n) is 5.60. The molecule has 0 radical (unpaired) electrons. The summed E-state index contributed by atoms with van der Waals surface area (Å²) in [6.45, 7) is 0.939. The van der Waals surface area contributed by atoms with Crippen LogP contribution in [0, 0.1) is 0 Å². The van der Waals surface area contributed by atoms with Gasteiger partial charge in [0.1, 0.15) is 0 Å². The van der Waals surface area contributed by atoms with Gasteiger partial charge in [0.2, 0.25) is 0 Å². The van der Waals surface area contributed by atoms with E-state index in [0.717, 1.165) is 45.6 Å². The van der Waals surface area contributed by atoms with Crippen molar-refractivity contribution in [2.45, 2.75) is 6.42 Å². The Labute approximate surface area is 130 Å². The molecule has 0 amide bonds. The summed E-state index contributed by atoms with van der Waals surface area (Å²) in [4.78, 5) is 15.6. The fourth-order valence-corrected chi connectivity index (χ4v) is 3.19.